The van der Waals surface area contributed by atoms with E-state index in [9.17, 15) is 0 Å². The predicted molar refractivity (Wildman–Crippen MR) is 57.8 cm³/mol. The van der Waals surface area contributed by atoms with Crippen molar-refractivity contribution in [2.24, 2.45) is 0 Å². The van der Waals surface area contributed by atoms with Crippen molar-refractivity contribution in [1.82, 2.24) is 5.32 Å². The Morgan fingerprint density at radius 2 is 2.42 bits per heavy atom. The first-order valence-corrected chi connectivity index (χ1v) is 5.87. The molecule has 2 heteroatoms. The van der Waals surface area contributed by atoms with Crippen LogP contribution in [0.2, 0.25) is 0 Å². The Labute approximate surface area is 80.0 Å². The summed E-state index contributed by atoms with van der Waals surface area (Å²) >= 11 is 2.11. The topological polar surface area (TPSA) is 12.0 Å². The van der Waals surface area contributed by atoms with Gasteiger partial charge in [0.2, 0.25) is 0 Å². The molecular formula is C10H19NS. The van der Waals surface area contributed by atoms with E-state index >= 15 is 0 Å². The molecule has 12 heavy (non-hydrogen) atoms. The highest BCUT2D eigenvalue weighted by Gasteiger charge is 2.23. The Bertz CT molecular complexity index is 136. The molecule has 2 unspecified atom stereocenters. The van der Waals surface area contributed by atoms with Crippen LogP contribution < -0.4 is 5.32 Å². The third kappa shape index (κ3) is 3.20. The maximum atomic E-state index is 3.71. The smallest absolute Gasteiger partial charge is 0.0134 e. The van der Waals surface area contributed by atoms with Gasteiger partial charge in [0.05, 0.1) is 0 Å². The zero-order valence-corrected chi connectivity index (χ0v) is 8.70. The normalized spacial score (nSPS) is 29.1. The monoisotopic (exact) mass is 185 g/mol. The maximum Gasteiger partial charge on any atom is 0.0134 e. The summed E-state index contributed by atoms with van der Waals surface area (Å²) in [7, 11) is 0. The Morgan fingerprint density at radius 1 is 1.58 bits per heavy atom. The number of rotatable bonds is 5. The van der Waals surface area contributed by atoms with Gasteiger partial charge in [-0.3, -0.25) is 0 Å². The van der Waals surface area contributed by atoms with Crippen LogP contribution in [0.15, 0.2) is 12.7 Å². The largest absolute Gasteiger partial charge is 0.310 e. The Hall–Kier alpha value is 0.0500. The molecule has 0 aromatic rings. The average molecular weight is 185 g/mol. The molecule has 1 nitrogen and oxygen atoms in total. The lowest BCUT2D eigenvalue weighted by Crippen LogP contribution is -2.26. The van der Waals surface area contributed by atoms with E-state index in [4.69, 9.17) is 0 Å². The highest BCUT2D eigenvalue weighted by Crippen LogP contribution is 2.29. The SMILES string of the molecule is C=CCNC1CCC(SCC)C1. The van der Waals surface area contributed by atoms with Gasteiger partial charge in [0, 0.05) is 17.8 Å². The zero-order chi connectivity index (χ0) is 8.81. The molecule has 0 aliphatic heterocycles. The van der Waals surface area contributed by atoms with Gasteiger partial charge in [0.15, 0.2) is 0 Å². The minimum Gasteiger partial charge on any atom is -0.310 e. The van der Waals surface area contributed by atoms with E-state index in [0.717, 1.165) is 17.8 Å². The van der Waals surface area contributed by atoms with Crippen molar-refractivity contribution in [2.45, 2.75) is 37.5 Å². The van der Waals surface area contributed by atoms with Crippen LogP contribution in [0.3, 0.4) is 0 Å². The summed E-state index contributed by atoms with van der Waals surface area (Å²) in [4.78, 5) is 0. The van der Waals surface area contributed by atoms with E-state index < -0.39 is 0 Å². The predicted octanol–water partition coefficient (Wildman–Crippen LogP) is 2.44. The molecule has 1 saturated carbocycles. The van der Waals surface area contributed by atoms with E-state index in [2.05, 4.69) is 30.6 Å². The Morgan fingerprint density at radius 3 is 3.08 bits per heavy atom. The van der Waals surface area contributed by atoms with Crippen LogP contribution in [0.25, 0.3) is 0 Å². The lowest BCUT2D eigenvalue weighted by atomic mass is 10.2. The summed E-state index contributed by atoms with van der Waals surface area (Å²) < 4.78 is 0. The van der Waals surface area contributed by atoms with E-state index in [1.54, 1.807) is 0 Å². The summed E-state index contributed by atoms with van der Waals surface area (Å²) in [5.41, 5.74) is 0. The number of hydrogen-bond acceptors (Lipinski definition) is 2. The van der Waals surface area contributed by atoms with Crippen LogP contribution in [0.1, 0.15) is 26.2 Å². The van der Waals surface area contributed by atoms with Gasteiger partial charge in [-0.1, -0.05) is 13.0 Å². The molecule has 0 saturated heterocycles. The first kappa shape index (κ1) is 10.1. The quantitative estimate of drug-likeness (QED) is 0.660. The zero-order valence-electron chi connectivity index (χ0n) is 7.88. The molecule has 1 rings (SSSR count). The molecule has 1 fully saturated rings. The van der Waals surface area contributed by atoms with Crippen LogP contribution >= 0.6 is 11.8 Å². The molecule has 2 atom stereocenters. The van der Waals surface area contributed by atoms with E-state index in [0.29, 0.717) is 0 Å². The highest BCUT2D eigenvalue weighted by atomic mass is 32.2. The van der Waals surface area contributed by atoms with Gasteiger partial charge in [-0.05, 0) is 25.0 Å². The summed E-state index contributed by atoms with van der Waals surface area (Å²) in [6.45, 7) is 6.92. The fourth-order valence-corrected chi connectivity index (χ4v) is 2.91. The third-order valence-electron chi connectivity index (χ3n) is 2.34. The summed E-state index contributed by atoms with van der Waals surface area (Å²) in [5, 5.41) is 4.40. The van der Waals surface area contributed by atoms with Crippen molar-refractivity contribution >= 4 is 11.8 Å². The minimum absolute atomic E-state index is 0.757. The molecule has 1 aliphatic rings. The number of thioether (sulfide) groups is 1. The molecule has 70 valence electrons. The van der Waals surface area contributed by atoms with Crippen LogP contribution in [-0.2, 0) is 0 Å². The van der Waals surface area contributed by atoms with E-state index in [1.165, 1.54) is 25.0 Å². The second-order valence-electron chi connectivity index (χ2n) is 3.28. The second-order valence-corrected chi connectivity index (χ2v) is 4.86. The maximum absolute atomic E-state index is 3.71. The van der Waals surface area contributed by atoms with Crippen LogP contribution in [0.4, 0.5) is 0 Å². The van der Waals surface area contributed by atoms with Crippen molar-refractivity contribution < 1.29 is 0 Å². The van der Waals surface area contributed by atoms with Gasteiger partial charge in [-0.2, -0.15) is 11.8 Å². The molecule has 0 aromatic carbocycles. The van der Waals surface area contributed by atoms with E-state index in [1.807, 2.05) is 6.08 Å². The lowest BCUT2D eigenvalue weighted by Gasteiger charge is -2.10. The molecule has 1 N–H and O–H groups in total. The third-order valence-corrected chi connectivity index (χ3v) is 3.57. The standard InChI is InChI=1S/C10H19NS/c1-3-7-11-9-5-6-10(8-9)12-4-2/h3,9-11H,1,4-8H2,2H3. The average Bonchev–Trinajstić information content (AvgIpc) is 2.50. The number of nitrogens with one attached hydrogen (secondary N) is 1. The van der Waals surface area contributed by atoms with Crippen LogP contribution in [0, 0.1) is 0 Å². The Kier molecular flexibility index (Phi) is 4.77. The minimum atomic E-state index is 0.757. The summed E-state index contributed by atoms with van der Waals surface area (Å²) in [5.74, 6) is 1.26. The van der Waals surface area contributed by atoms with Gasteiger partial charge in [-0.15, -0.1) is 6.58 Å². The molecule has 0 bridgehead atoms. The van der Waals surface area contributed by atoms with Crippen LogP contribution in [0.5, 0.6) is 0 Å². The van der Waals surface area contributed by atoms with Crippen molar-refractivity contribution in [2.75, 3.05) is 12.3 Å². The fourth-order valence-electron chi connectivity index (χ4n) is 1.76. The van der Waals surface area contributed by atoms with Crippen molar-refractivity contribution in [3.8, 4) is 0 Å². The molecule has 0 spiro atoms. The Balaban J connectivity index is 2.12. The van der Waals surface area contributed by atoms with Gasteiger partial charge in [0.25, 0.3) is 0 Å². The van der Waals surface area contributed by atoms with Crippen LogP contribution in [-0.4, -0.2) is 23.6 Å². The van der Waals surface area contributed by atoms with Gasteiger partial charge >= 0.3 is 0 Å². The molecule has 0 heterocycles. The fraction of sp³-hybridized carbons (Fsp3) is 0.800. The summed E-state index contributed by atoms with van der Waals surface area (Å²) in [6.07, 6.45) is 6.05. The van der Waals surface area contributed by atoms with E-state index in [-0.39, 0.29) is 0 Å². The highest BCUT2D eigenvalue weighted by molar-refractivity contribution is 7.99. The molecule has 1 aliphatic carbocycles. The van der Waals surface area contributed by atoms with Crippen molar-refractivity contribution in [3.05, 3.63) is 12.7 Å². The first-order valence-electron chi connectivity index (χ1n) is 4.82. The van der Waals surface area contributed by atoms with Gasteiger partial charge in [-0.25, -0.2) is 0 Å². The lowest BCUT2D eigenvalue weighted by molar-refractivity contribution is 0.558. The first-order chi connectivity index (χ1) is 5.86. The number of hydrogen-bond donors (Lipinski definition) is 1. The molecule has 0 amide bonds. The van der Waals surface area contributed by atoms with Crippen molar-refractivity contribution in [3.63, 3.8) is 0 Å². The second kappa shape index (κ2) is 5.65. The molecule has 0 aromatic heterocycles. The van der Waals surface area contributed by atoms with Gasteiger partial charge in [0.1, 0.15) is 0 Å². The molecule has 0 radical (unpaired) electrons. The van der Waals surface area contributed by atoms with Gasteiger partial charge < -0.3 is 5.32 Å². The molecular weight excluding hydrogens is 166 g/mol. The summed E-state index contributed by atoms with van der Waals surface area (Å²) in [6, 6.07) is 0.757. The van der Waals surface area contributed by atoms with Crippen molar-refractivity contribution in [1.29, 1.82) is 0 Å².